The number of hydrogen-bond donors (Lipinski definition) is 3. The van der Waals surface area contributed by atoms with Crippen LogP contribution in [0.4, 0.5) is 0 Å². The van der Waals surface area contributed by atoms with Crippen LogP contribution in [0, 0.1) is 5.92 Å². The summed E-state index contributed by atoms with van der Waals surface area (Å²) in [6.45, 7) is 11.3. The van der Waals surface area contributed by atoms with E-state index >= 15 is 0 Å². The van der Waals surface area contributed by atoms with Gasteiger partial charge in [0.1, 0.15) is 18.9 Å². The minimum Gasteiger partial charge on any atom is -0.492 e. The number of halogens is 1. The summed E-state index contributed by atoms with van der Waals surface area (Å²) in [7, 11) is -1.63. The van der Waals surface area contributed by atoms with Crippen molar-refractivity contribution in [3.8, 4) is 28.3 Å². The molecule has 1 aliphatic rings. The van der Waals surface area contributed by atoms with Gasteiger partial charge in [-0.2, -0.15) is 5.10 Å². The quantitative estimate of drug-likeness (QED) is 0.279. The third-order valence-electron chi connectivity index (χ3n) is 6.88. The molecule has 3 aromatic rings. The lowest BCUT2D eigenvalue weighted by atomic mass is 9.75. The highest BCUT2D eigenvalue weighted by molar-refractivity contribution is 6.43. The second-order valence-electron chi connectivity index (χ2n) is 11.0. The predicted molar refractivity (Wildman–Crippen MR) is 164 cm³/mol. The van der Waals surface area contributed by atoms with Gasteiger partial charge in [-0.25, -0.2) is 0 Å². The standard InChI is InChI=1S/C30H41BN4O5.ClH/c1-21(2)15-29(31(37)38)32-30(36)20-35-28(24-9-6-5-7-10-24)17-27(33-35)25-11-8-12-26(16-25)39-14-13-34-18-22(3)40-23(4)19-34;/h5-12,16-17,21-23,29,37-38H,13-15,18-20H2,1-4H3,(H,32,36);1H/t22-,23?,29+;/m1./s1. The largest absolute Gasteiger partial charge is 0.492 e. The van der Waals surface area contributed by atoms with Gasteiger partial charge in [-0.1, -0.05) is 56.3 Å². The molecule has 0 saturated carbocycles. The van der Waals surface area contributed by atoms with E-state index in [2.05, 4.69) is 24.1 Å². The van der Waals surface area contributed by atoms with Crippen molar-refractivity contribution >= 4 is 25.4 Å². The minimum atomic E-state index is -1.63. The molecule has 222 valence electrons. The Balaban J connectivity index is 0.00000462. The lowest BCUT2D eigenvalue weighted by Gasteiger charge is -2.35. The molecule has 0 radical (unpaired) electrons. The van der Waals surface area contributed by atoms with Gasteiger partial charge in [-0.3, -0.25) is 14.4 Å². The number of nitrogens with one attached hydrogen (secondary N) is 1. The third kappa shape index (κ3) is 9.58. The monoisotopic (exact) mass is 584 g/mol. The molecule has 4 rings (SSSR count). The molecular weight excluding hydrogens is 543 g/mol. The van der Waals surface area contributed by atoms with E-state index in [1.807, 2.05) is 74.5 Å². The zero-order chi connectivity index (χ0) is 28.6. The molecule has 0 spiro atoms. The average molecular weight is 585 g/mol. The first-order chi connectivity index (χ1) is 19.2. The topological polar surface area (TPSA) is 109 Å². The summed E-state index contributed by atoms with van der Waals surface area (Å²) in [5.41, 5.74) is 3.31. The van der Waals surface area contributed by atoms with Crippen molar-refractivity contribution in [2.45, 2.75) is 58.8 Å². The number of carbonyl (C=O) groups excluding carboxylic acids is 1. The van der Waals surface area contributed by atoms with Crippen LogP contribution in [-0.4, -0.2) is 82.1 Å². The highest BCUT2D eigenvalue weighted by atomic mass is 35.5. The van der Waals surface area contributed by atoms with Crippen LogP contribution in [0.15, 0.2) is 60.7 Å². The maximum absolute atomic E-state index is 13.0. The highest BCUT2D eigenvalue weighted by Gasteiger charge is 2.27. The van der Waals surface area contributed by atoms with Gasteiger partial charge in [0.2, 0.25) is 5.91 Å². The van der Waals surface area contributed by atoms with Gasteiger partial charge in [0.25, 0.3) is 0 Å². The number of benzene rings is 2. The molecule has 3 atom stereocenters. The Morgan fingerprint density at radius 3 is 2.41 bits per heavy atom. The Labute approximate surface area is 249 Å². The molecule has 9 nitrogen and oxygen atoms in total. The van der Waals surface area contributed by atoms with E-state index in [0.717, 1.165) is 42.2 Å². The summed E-state index contributed by atoms with van der Waals surface area (Å²) in [6.07, 6.45) is 0.895. The number of rotatable bonds is 12. The first-order valence-electron chi connectivity index (χ1n) is 14.1. The average Bonchev–Trinajstić information content (AvgIpc) is 3.32. The number of nitrogens with zero attached hydrogens (tertiary/aromatic N) is 3. The van der Waals surface area contributed by atoms with Crippen molar-refractivity contribution in [1.29, 1.82) is 0 Å². The molecule has 3 N–H and O–H groups in total. The molecule has 2 heterocycles. The van der Waals surface area contributed by atoms with Crippen LogP contribution in [-0.2, 0) is 16.1 Å². The molecule has 1 amide bonds. The maximum atomic E-state index is 13.0. The number of hydrogen-bond acceptors (Lipinski definition) is 7. The van der Waals surface area contributed by atoms with Gasteiger partial charge < -0.3 is 24.8 Å². The fourth-order valence-corrected chi connectivity index (χ4v) is 5.18. The zero-order valence-electron chi connectivity index (χ0n) is 24.3. The van der Waals surface area contributed by atoms with Crippen molar-refractivity contribution in [3.05, 3.63) is 60.7 Å². The molecule has 0 bridgehead atoms. The first kappa shape index (κ1) is 32.6. The van der Waals surface area contributed by atoms with Crippen molar-refractivity contribution in [3.63, 3.8) is 0 Å². The Bertz CT molecular complexity index is 1230. The molecule has 0 aliphatic carbocycles. The van der Waals surface area contributed by atoms with E-state index in [1.54, 1.807) is 4.68 Å². The summed E-state index contributed by atoms with van der Waals surface area (Å²) in [5.74, 6) is -0.137. The van der Waals surface area contributed by atoms with Crippen LogP contribution in [0.5, 0.6) is 5.75 Å². The minimum absolute atomic E-state index is 0. The van der Waals surface area contributed by atoms with Gasteiger partial charge >= 0.3 is 7.12 Å². The number of amides is 1. The van der Waals surface area contributed by atoms with E-state index in [0.29, 0.717) is 18.7 Å². The highest BCUT2D eigenvalue weighted by Crippen LogP contribution is 2.28. The number of aromatic nitrogens is 2. The molecule has 1 saturated heterocycles. The third-order valence-corrected chi connectivity index (χ3v) is 6.88. The summed E-state index contributed by atoms with van der Waals surface area (Å²) >= 11 is 0. The smallest absolute Gasteiger partial charge is 0.475 e. The Morgan fingerprint density at radius 1 is 1.07 bits per heavy atom. The van der Waals surface area contributed by atoms with E-state index in [-0.39, 0.29) is 43.0 Å². The van der Waals surface area contributed by atoms with Crippen molar-refractivity contribution in [1.82, 2.24) is 20.0 Å². The van der Waals surface area contributed by atoms with Crippen LogP contribution in [0.2, 0.25) is 0 Å². The summed E-state index contributed by atoms with van der Waals surface area (Å²) < 4.78 is 13.6. The molecule has 11 heteroatoms. The van der Waals surface area contributed by atoms with Gasteiger partial charge in [0.05, 0.1) is 29.5 Å². The zero-order valence-corrected chi connectivity index (χ0v) is 25.1. The summed E-state index contributed by atoms with van der Waals surface area (Å²) in [6, 6.07) is 19.5. The van der Waals surface area contributed by atoms with E-state index in [4.69, 9.17) is 14.6 Å². The Hall–Kier alpha value is -2.89. The van der Waals surface area contributed by atoms with E-state index < -0.39 is 13.1 Å². The SMILES string of the molecule is CC(C)C[C@H](NC(=O)Cn1nc(-c2cccc(OCCN3CC(C)O[C@H](C)C3)c2)cc1-c1ccccc1)B(O)O.Cl. The maximum Gasteiger partial charge on any atom is 0.475 e. The summed E-state index contributed by atoms with van der Waals surface area (Å²) in [4.78, 5) is 15.3. The lowest BCUT2D eigenvalue weighted by Crippen LogP contribution is -2.48. The van der Waals surface area contributed by atoms with Crippen LogP contribution < -0.4 is 10.1 Å². The van der Waals surface area contributed by atoms with Gasteiger partial charge in [-0.05, 0) is 49.9 Å². The van der Waals surface area contributed by atoms with Crippen LogP contribution in [0.3, 0.4) is 0 Å². The molecule has 1 aliphatic heterocycles. The molecule has 1 aromatic heterocycles. The van der Waals surface area contributed by atoms with Crippen LogP contribution >= 0.6 is 12.4 Å². The van der Waals surface area contributed by atoms with E-state index in [1.165, 1.54) is 0 Å². The second-order valence-corrected chi connectivity index (χ2v) is 11.0. The molecule has 1 unspecified atom stereocenters. The summed E-state index contributed by atoms with van der Waals surface area (Å²) in [5, 5.41) is 27.0. The number of ether oxygens (including phenoxy) is 2. The van der Waals surface area contributed by atoms with Crippen molar-refractivity contribution < 1.29 is 24.3 Å². The van der Waals surface area contributed by atoms with Gasteiger partial charge in [0.15, 0.2) is 0 Å². The molecule has 2 aromatic carbocycles. The second kappa shape index (κ2) is 15.4. The Kier molecular flexibility index (Phi) is 12.2. The lowest BCUT2D eigenvalue weighted by molar-refractivity contribution is -0.122. The number of carbonyl (C=O) groups is 1. The van der Waals surface area contributed by atoms with Crippen molar-refractivity contribution in [2.24, 2.45) is 5.92 Å². The number of morpholine rings is 1. The molecule has 41 heavy (non-hydrogen) atoms. The fourth-order valence-electron chi connectivity index (χ4n) is 5.18. The molecule has 1 fully saturated rings. The van der Waals surface area contributed by atoms with Gasteiger partial charge in [-0.15, -0.1) is 12.4 Å². The van der Waals surface area contributed by atoms with Gasteiger partial charge in [0, 0.05) is 25.2 Å². The molecular formula is C30H42BClN4O5. The normalized spacial score (nSPS) is 18.0. The Morgan fingerprint density at radius 2 is 1.76 bits per heavy atom. The fraction of sp³-hybridized carbons (Fsp3) is 0.467. The first-order valence-corrected chi connectivity index (χ1v) is 14.1. The predicted octanol–water partition coefficient (Wildman–Crippen LogP) is 3.67. The van der Waals surface area contributed by atoms with E-state index in [9.17, 15) is 14.8 Å². The van der Waals surface area contributed by atoms with Crippen LogP contribution in [0.1, 0.15) is 34.1 Å². The van der Waals surface area contributed by atoms with Crippen molar-refractivity contribution in [2.75, 3.05) is 26.2 Å². The van der Waals surface area contributed by atoms with Crippen LogP contribution in [0.25, 0.3) is 22.5 Å².